The number of hydrogen-bond donors (Lipinski definition) is 2. The number of aryl methyl sites for hydroxylation is 2. The Bertz CT molecular complexity index is 755. The minimum atomic E-state index is -0.310. The number of anilines is 1. The fourth-order valence-corrected chi connectivity index (χ4v) is 4.10. The van der Waals surface area contributed by atoms with E-state index in [1.54, 1.807) is 6.07 Å². The zero-order chi connectivity index (χ0) is 17.6. The molecule has 0 amide bonds. The Balaban J connectivity index is 1.62. The monoisotopic (exact) mass is 341 g/mol. The summed E-state index contributed by atoms with van der Waals surface area (Å²) in [4.78, 5) is 2.18. The molecule has 25 heavy (non-hydrogen) atoms. The van der Waals surface area contributed by atoms with Crippen molar-refractivity contribution < 1.29 is 14.9 Å². The van der Waals surface area contributed by atoms with Crippen molar-refractivity contribution in [2.75, 3.05) is 18.1 Å². The molecule has 2 heterocycles. The maximum atomic E-state index is 10.3. The van der Waals surface area contributed by atoms with E-state index in [4.69, 9.17) is 4.74 Å². The highest BCUT2D eigenvalue weighted by molar-refractivity contribution is 5.71. The van der Waals surface area contributed by atoms with Crippen LogP contribution in [0.1, 0.15) is 24.0 Å². The number of nitrogens with zero attached hydrogens (tertiary/aromatic N) is 3. The molecule has 0 unspecified atom stereocenters. The van der Waals surface area contributed by atoms with Crippen LogP contribution in [0.5, 0.6) is 5.75 Å². The zero-order valence-electron chi connectivity index (χ0n) is 14.5. The number of phenolic OH excluding ortho intramolecular Hbond substituents is 1. The average Bonchev–Trinajstić information content (AvgIpc) is 2.94. The van der Waals surface area contributed by atoms with Gasteiger partial charge in [-0.3, -0.25) is 0 Å². The summed E-state index contributed by atoms with van der Waals surface area (Å²) in [6, 6.07) is 7.75. The number of morpholine rings is 1. The van der Waals surface area contributed by atoms with Crippen molar-refractivity contribution in [3.63, 3.8) is 0 Å². The summed E-state index contributed by atoms with van der Waals surface area (Å²) in [5.41, 5.74) is 3.38. The lowest BCUT2D eigenvalue weighted by atomic mass is 10.0. The van der Waals surface area contributed by atoms with E-state index in [1.165, 1.54) is 0 Å². The minimum absolute atomic E-state index is 0.0635. The van der Waals surface area contributed by atoms with Gasteiger partial charge in [0.2, 0.25) is 0 Å². The van der Waals surface area contributed by atoms with E-state index in [0.717, 1.165) is 29.1 Å². The SMILES string of the molecule is Cc1cc(C)c(-c2ccc(N3CCO[C@H]4C[C@H](O)C[C@H]43)nn2)c(O)c1. The quantitative estimate of drug-likeness (QED) is 0.872. The molecule has 1 aliphatic carbocycles. The Labute approximate surface area is 147 Å². The second kappa shape index (κ2) is 6.28. The molecule has 4 rings (SSSR count). The van der Waals surface area contributed by atoms with Gasteiger partial charge in [-0.2, -0.15) is 0 Å². The highest BCUT2D eigenvalue weighted by Gasteiger charge is 2.41. The van der Waals surface area contributed by atoms with E-state index in [0.29, 0.717) is 25.1 Å². The molecule has 6 nitrogen and oxygen atoms in total. The summed E-state index contributed by atoms with van der Waals surface area (Å²) in [7, 11) is 0. The van der Waals surface area contributed by atoms with Gasteiger partial charge < -0.3 is 19.8 Å². The lowest BCUT2D eigenvalue weighted by molar-refractivity contribution is 0.0202. The van der Waals surface area contributed by atoms with Crippen molar-refractivity contribution in [3.8, 4) is 17.0 Å². The van der Waals surface area contributed by atoms with Gasteiger partial charge in [-0.05, 0) is 49.6 Å². The first-order valence-corrected chi connectivity index (χ1v) is 8.73. The normalized spacial score (nSPS) is 25.9. The minimum Gasteiger partial charge on any atom is -0.507 e. The van der Waals surface area contributed by atoms with Crippen molar-refractivity contribution in [3.05, 3.63) is 35.4 Å². The molecule has 132 valence electrons. The highest BCUT2D eigenvalue weighted by Crippen LogP contribution is 2.35. The van der Waals surface area contributed by atoms with Gasteiger partial charge in [-0.15, -0.1) is 10.2 Å². The fraction of sp³-hybridized carbons (Fsp3) is 0.474. The second-order valence-corrected chi connectivity index (χ2v) is 7.05. The van der Waals surface area contributed by atoms with Gasteiger partial charge >= 0.3 is 0 Å². The van der Waals surface area contributed by atoms with Crippen molar-refractivity contribution in [2.24, 2.45) is 0 Å². The van der Waals surface area contributed by atoms with Crippen LogP contribution < -0.4 is 4.90 Å². The number of hydrogen-bond acceptors (Lipinski definition) is 6. The Morgan fingerprint density at radius 2 is 2.00 bits per heavy atom. The number of aromatic nitrogens is 2. The molecule has 1 aliphatic heterocycles. The fourth-order valence-electron chi connectivity index (χ4n) is 4.10. The Hall–Kier alpha value is -2.18. The van der Waals surface area contributed by atoms with Crippen LogP contribution in [-0.4, -0.2) is 51.8 Å². The van der Waals surface area contributed by atoms with Crippen LogP contribution in [0.3, 0.4) is 0 Å². The first-order chi connectivity index (χ1) is 12.0. The standard InChI is InChI=1S/C19H23N3O3/c1-11-7-12(2)19(16(24)8-11)14-3-4-18(21-20-14)22-5-6-25-17-10-13(23)9-15(17)22/h3-4,7-8,13,15,17,23-24H,5-6,9-10H2,1-2H3/t13-,15-,17+/m1/s1. The molecule has 1 aromatic carbocycles. The Morgan fingerprint density at radius 3 is 2.72 bits per heavy atom. The van der Waals surface area contributed by atoms with Crippen molar-refractivity contribution >= 4 is 5.82 Å². The van der Waals surface area contributed by atoms with E-state index < -0.39 is 0 Å². The van der Waals surface area contributed by atoms with Gasteiger partial charge in [-0.1, -0.05) is 6.07 Å². The molecule has 3 atom stereocenters. The van der Waals surface area contributed by atoms with Crippen molar-refractivity contribution in [1.29, 1.82) is 0 Å². The van der Waals surface area contributed by atoms with Gasteiger partial charge in [0.05, 0.1) is 30.6 Å². The molecule has 2 aromatic rings. The van der Waals surface area contributed by atoms with E-state index >= 15 is 0 Å². The zero-order valence-corrected chi connectivity index (χ0v) is 14.5. The van der Waals surface area contributed by atoms with Gasteiger partial charge in [0.1, 0.15) is 5.75 Å². The molecule has 1 saturated carbocycles. The molecule has 1 aromatic heterocycles. The number of aliphatic hydroxyl groups excluding tert-OH is 1. The van der Waals surface area contributed by atoms with Gasteiger partial charge in [0.15, 0.2) is 5.82 Å². The summed E-state index contributed by atoms with van der Waals surface area (Å²) in [6.45, 7) is 5.30. The molecule has 2 N–H and O–H groups in total. The van der Waals surface area contributed by atoms with E-state index in [2.05, 4.69) is 15.1 Å². The first-order valence-electron chi connectivity index (χ1n) is 8.73. The number of rotatable bonds is 2. The Kier molecular flexibility index (Phi) is 4.09. The van der Waals surface area contributed by atoms with Crippen molar-refractivity contribution in [1.82, 2.24) is 10.2 Å². The summed E-state index contributed by atoms with van der Waals surface area (Å²) < 4.78 is 5.78. The topological polar surface area (TPSA) is 78.7 Å². The third-order valence-corrected chi connectivity index (χ3v) is 5.17. The van der Waals surface area contributed by atoms with Crippen LogP contribution in [0.2, 0.25) is 0 Å². The molecule has 0 radical (unpaired) electrons. The number of phenols is 1. The number of ether oxygens (including phenoxy) is 1. The van der Waals surface area contributed by atoms with Gasteiger partial charge in [-0.25, -0.2) is 0 Å². The molecule has 2 fully saturated rings. The molecule has 1 saturated heterocycles. The average molecular weight is 341 g/mol. The van der Waals surface area contributed by atoms with Gasteiger partial charge in [0.25, 0.3) is 0 Å². The van der Waals surface area contributed by atoms with Crippen molar-refractivity contribution in [2.45, 2.75) is 44.9 Å². The van der Waals surface area contributed by atoms with Crippen LogP contribution in [0.15, 0.2) is 24.3 Å². The molecule has 2 aliphatic rings. The highest BCUT2D eigenvalue weighted by atomic mass is 16.5. The third-order valence-electron chi connectivity index (χ3n) is 5.17. The first kappa shape index (κ1) is 16.3. The summed E-state index contributed by atoms with van der Waals surface area (Å²) in [5.74, 6) is 1.02. The molecular formula is C19H23N3O3. The predicted octanol–water partition coefficient (Wildman–Crippen LogP) is 2.19. The van der Waals surface area contributed by atoms with Crippen LogP contribution >= 0.6 is 0 Å². The Morgan fingerprint density at radius 1 is 1.16 bits per heavy atom. The second-order valence-electron chi connectivity index (χ2n) is 7.05. The number of fused-ring (bicyclic) bond motifs is 1. The lowest BCUT2D eigenvalue weighted by Crippen LogP contribution is -2.49. The number of aromatic hydroxyl groups is 1. The summed E-state index contributed by atoms with van der Waals surface area (Å²) in [5, 5.41) is 29.0. The van der Waals surface area contributed by atoms with Crippen LogP contribution in [0.4, 0.5) is 5.82 Å². The van der Waals surface area contributed by atoms with E-state index in [9.17, 15) is 10.2 Å². The van der Waals surface area contributed by atoms with Gasteiger partial charge in [0, 0.05) is 18.5 Å². The van der Waals surface area contributed by atoms with E-state index in [1.807, 2.05) is 32.0 Å². The predicted molar refractivity (Wildman–Crippen MR) is 94.7 cm³/mol. The van der Waals surface area contributed by atoms with Crippen LogP contribution in [-0.2, 0) is 4.74 Å². The van der Waals surface area contributed by atoms with Crippen LogP contribution in [0, 0.1) is 13.8 Å². The van der Waals surface area contributed by atoms with Crippen LogP contribution in [0.25, 0.3) is 11.3 Å². The summed E-state index contributed by atoms with van der Waals surface area (Å²) >= 11 is 0. The lowest BCUT2D eigenvalue weighted by Gasteiger charge is -2.38. The smallest absolute Gasteiger partial charge is 0.151 e. The number of benzene rings is 1. The molecule has 0 bridgehead atoms. The summed E-state index contributed by atoms with van der Waals surface area (Å²) in [6.07, 6.45) is 1.14. The molecule has 0 spiro atoms. The molecular weight excluding hydrogens is 318 g/mol. The van der Waals surface area contributed by atoms with E-state index in [-0.39, 0.29) is 24.0 Å². The maximum absolute atomic E-state index is 10.3. The molecule has 6 heteroatoms. The number of aliphatic hydroxyl groups is 1. The largest absolute Gasteiger partial charge is 0.507 e. The third kappa shape index (κ3) is 2.96. The maximum Gasteiger partial charge on any atom is 0.151 e.